The van der Waals surface area contributed by atoms with Crippen LogP contribution in [0.3, 0.4) is 0 Å². The first-order chi connectivity index (χ1) is 9.61. The molecule has 20 heavy (non-hydrogen) atoms. The van der Waals surface area contributed by atoms with Crippen LogP contribution in [0.5, 0.6) is 0 Å². The molecule has 0 bridgehead atoms. The third-order valence-electron chi connectivity index (χ3n) is 3.19. The summed E-state index contributed by atoms with van der Waals surface area (Å²) in [6, 6.07) is 13.7. The average molecular weight is 266 g/mol. The molecule has 0 amide bonds. The van der Waals surface area contributed by atoms with Crippen LogP contribution in [-0.4, -0.2) is 11.0 Å². The molecule has 0 radical (unpaired) electrons. The van der Waals surface area contributed by atoms with Gasteiger partial charge in [0.2, 0.25) is 0 Å². The van der Waals surface area contributed by atoms with Crippen LogP contribution < -0.4 is 10.6 Å². The molecule has 2 aromatic rings. The Morgan fingerprint density at radius 3 is 2.70 bits per heavy atom. The van der Waals surface area contributed by atoms with Crippen LogP contribution in [0, 0.1) is 11.3 Å². The van der Waals surface area contributed by atoms with Crippen molar-refractivity contribution in [2.75, 3.05) is 10.6 Å². The van der Waals surface area contributed by atoms with E-state index in [0.717, 1.165) is 17.1 Å². The standard InChI is InChI=1S/C16H18N4/c1-12(2)20(11-14-5-3-4-6-15(14)18)16-9-13(10-17)7-8-19-16/h3-9,12H,11,18H2,1-2H3. The summed E-state index contributed by atoms with van der Waals surface area (Å²) in [5.41, 5.74) is 8.45. The second-order valence-electron chi connectivity index (χ2n) is 4.93. The molecular formula is C16H18N4. The molecule has 2 rings (SSSR count). The highest BCUT2D eigenvalue weighted by molar-refractivity contribution is 5.51. The lowest BCUT2D eigenvalue weighted by Gasteiger charge is -2.28. The normalized spacial score (nSPS) is 10.3. The first kappa shape index (κ1) is 13.9. The van der Waals surface area contributed by atoms with Gasteiger partial charge in [-0.3, -0.25) is 0 Å². The van der Waals surface area contributed by atoms with E-state index in [-0.39, 0.29) is 6.04 Å². The lowest BCUT2D eigenvalue weighted by Crippen LogP contribution is -2.31. The Labute approximate surface area is 119 Å². The van der Waals surface area contributed by atoms with Crippen LogP contribution in [0.2, 0.25) is 0 Å². The molecule has 0 aliphatic heterocycles. The summed E-state index contributed by atoms with van der Waals surface area (Å²) < 4.78 is 0. The van der Waals surface area contributed by atoms with Crippen LogP contribution in [0.4, 0.5) is 11.5 Å². The van der Waals surface area contributed by atoms with Crippen molar-refractivity contribution in [1.29, 1.82) is 5.26 Å². The maximum Gasteiger partial charge on any atom is 0.130 e. The third-order valence-corrected chi connectivity index (χ3v) is 3.19. The van der Waals surface area contributed by atoms with Crippen molar-refractivity contribution in [3.05, 3.63) is 53.7 Å². The van der Waals surface area contributed by atoms with Gasteiger partial charge in [-0.15, -0.1) is 0 Å². The van der Waals surface area contributed by atoms with E-state index < -0.39 is 0 Å². The van der Waals surface area contributed by atoms with E-state index in [1.54, 1.807) is 18.3 Å². The highest BCUT2D eigenvalue weighted by atomic mass is 15.2. The number of hydrogen-bond donors (Lipinski definition) is 1. The number of aromatic nitrogens is 1. The molecule has 0 aliphatic carbocycles. The summed E-state index contributed by atoms with van der Waals surface area (Å²) in [5, 5.41) is 9.00. The fourth-order valence-electron chi connectivity index (χ4n) is 2.03. The maximum atomic E-state index is 9.00. The number of rotatable bonds is 4. The predicted molar refractivity (Wildman–Crippen MR) is 81.1 cm³/mol. The molecule has 2 N–H and O–H groups in total. The van der Waals surface area contributed by atoms with Gasteiger partial charge in [0.25, 0.3) is 0 Å². The molecule has 0 aliphatic rings. The number of benzene rings is 1. The van der Waals surface area contributed by atoms with E-state index in [4.69, 9.17) is 11.0 Å². The van der Waals surface area contributed by atoms with Gasteiger partial charge in [0.05, 0.1) is 11.6 Å². The highest BCUT2D eigenvalue weighted by Crippen LogP contribution is 2.21. The summed E-state index contributed by atoms with van der Waals surface area (Å²) >= 11 is 0. The smallest absolute Gasteiger partial charge is 0.130 e. The van der Waals surface area contributed by atoms with Crippen molar-refractivity contribution in [1.82, 2.24) is 4.98 Å². The summed E-state index contributed by atoms with van der Waals surface area (Å²) in [6.45, 7) is 4.87. The zero-order valence-electron chi connectivity index (χ0n) is 11.7. The monoisotopic (exact) mass is 266 g/mol. The van der Waals surface area contributed by atoms with Gasteiger partial charge in [-0.2, -0.15) is 5.26 Å². The molecule has 4 heteroatoms. The fourth-order valence-corrected chi connectivity index (χ4v) is 2.03. The number of nitrogen functional groups attached to an aromatic ring is 1. The molecular weight excluding hydrogens is 248 g/mol. The minimum Gasteiger partial charge on any atom is -0.398 e. The Morgan fingerprint density at radius 1 is 1.30 bits per heavy atom. The van der Waals surface area contributed by atoms with Gasteiger partial charge in [-0.05, 0) is 37.6 Å². The second-order valence-corrected chi connectivity index (χ2v) is 4.93. The summed E-state index contributed by atoms with van der Waals surface area (Å²) in [6.07, 6.45) is 1.66. The van der Waals surface area contributed by atoms with Crippen LogP contribution in [0.15, 0.2) is 42.6 Å². The van der Waals surface area contributed by atoms with Crippen molar-refractivity contribution in [3.8, 4) is 6.07 Å². The van der Waals surface area contributed by atoms with Gasteiger partial charge in [0.15, 0.2) is 0 Å². The van der Waals surface area contributed by atoms with Crippen molar-refractivity contribution in [2.24, 2.45) is 0 Å². The van der Waals surface area contributed by atoms with E-state index >= 15 is 0 Å². The van der Waals surface area contributed by atoms with Gasteiger partial charge >= 0.3 is 0 Å². The van der Waals surface area contributed by atoms with Gasteiger partial charge in [0, 0.05) is 24.5 Å². The van der Waals surface area contributed by atoms with E-state index in [1.807, 2.05) is 24.3 Å². The van der Waals surface area contributed by atoms with Gasteiger partial charge < -0.3 is 10.6 Å². The summed E-state index contributed by atoms with van der Waals surface area (Å²) in [4.78, 5) is 6.50. The predicted octanol–water partition coefficient (Wildman–Crippen LogP) is 2.95. The molecule has 0 unspecified atom stereocenters. The Morgan fingerprint density at radius 2 is 2.05 bits per heavy atom. The molecule has 0 spiro atoms. The van der Waals surface area contributed by atoms with Crippen LogP contribution >= 0.6 is 0 Å². The van der Waals surface area contributed by atoms with Crippen molar-refractivity contribution in [2.45, 2.75) is 26.4 Å². The quantitative estimate of drug-likeness (QED) is 0.864. The van der Waals surface area contributed by atoms with Crippen molar-refractivity contribution in [3.63, 3.8) is 0 Å². The number of hydrogen-bond acceptors (Lipinski definition) is 4. The molecule has 0 fully saturated rings. The zero-order chi connectivity index (χ0) is 14.5. The van der Waals surface area contributed by atoms with E-state index in [2.05, 4.69) is 29.8 Å². The SMILES string of the molecule is CC(C)N(Cc1ccccc1N)c1cc(C#N)ccn1. The molecule has 0 atom stereocenters. The van der Waals surface area contributed by atoms with Crippen molar-refractivity contribution >= 4 is 11.5 Å². The molecule has 0 saturated heterocycles. The van der Waals surface area contributed by atoms with Crippen LogP contribution in [-0.2, 0) is 6.54 Å². The topological polar surface area (TPSA) is 65.9 Å². The second kappa shape index (κ2) is 6.07. The van der Waals surface area contributed by atoms with Gasteiger partial charge in [-0.1, -0.05) is 18.2 Å². The lowest BCUT2D eigenvalue weighted by molar-refractivity contribution is 0.673. The van der Waals surface area contributed by atoms with Crippen molar-refractivity contribution < 1.29 is 0 Å². The van der Waals surface area contributed by atoms with Gasteiger partial charge in [0.1, 0.15) is 5.82 Å². The van der Waals surface area contributed by atoms with Gasteiger partial charge in [-0.25, -0.2) is 4.98 Å². The zero-order valence-corrected chi connectivity index (χ0v) is 11.7. The molecule has 1 heterocycles. The number of nitrogens with two attached hydrogens (primary N) is 1. The number of para-hydroxylation sites is 1. The first-order valence-corrected chi connectivity index (χ1v) is 6.58. The number of nitriles is 1. The van der Waals surface area contributed by atoms with E-state index in [0.29, 0.717) is 12.1 Å². The number of pyridine rings is 1. The minimum atomic E-state index is 0.260. The van der Waals surface area contributed by atoms with Crippen LogP contribution in [0.25, 0.3) is 0 Å². The van der Waals surface area contributed by atoms with Crippen LogP contribution in [0.1, 0.15) is 25.0 Å². The number of anilines is 2. The highest BCUT2D eigenvalue weighted by Gasteiger charge is 2.14. The average Bonchev–Trinajstić information content (AvgIpc) is 2.46. The lowest BCUT2D eigenvalue weighted by atomic mass is 10.1. The Hall–Kier alpha value is -2.54. The molecule has 4 nitrogen and oxygen atoms in total. The van der Waals surface area contributed by atoms with E-state index in [9.17, 15) is 0 Å². The minimum absolute atomic E-state index is 0.260. The Balaban J connectivity index is 2.32. The molecule has 0 saturated carbocycles. The Kier molecular flexibility index (Phi) is 4.21. The molecule has 1 aromatic carbocycles. The number of nitrogens with zero attached hydrogens (tertiary/aromatic N) is 3. The molecule has 102 valence electrons. The summed E-state index contributed by atoms with van der Waals surface area (Å²) in [7, 11) is 0. The summed E-state index contributed by atoms with van der Waals surface area (Å²) in [5.74, 6) is 0.794. The third kappa shape index (κ3) is 3.07. The Bertz CT molecular complexity index is 628. The maximum absolute atomic E-state index is 9.00. The molecule has 1 aromatic heterocycles. The largest absolute Gasteiger partial charge is 0.398 e. The fraction of sp³-hybridized carbons (Fsp3) is 0.250. The first-order valence-electron chi connectivity index (χ1n) is 6.58. The van der Waals surface area contributed by atoms with E-state index in [1.165, 1.54) is 0 Å².